The quantitative estimate of drug-likeness (QED) is 0.528. The molecule has 0 aromatic rings. The van der Waals surface area contributed by atoms with Crippen LogP contribution in [0.2, 0.25) is 0 Å². The van der Waals surface area contributed by atoms with Crippen LogP contribution in [0, 0.1) is 0 Å². The molecule has 0 aliphatic rings. The first kappa shape index (κ1) is 15.0. The van der Waals surface area contributed by atoms with Gasteiger partial charge in [-0.1, -0.05) is 13.8 Å². The summed E-state index contributed by atoms with van der Waals surface area (Å²) in [5.41, 5.74) is 0. The number of hydrogen-bond donors (Lipinski definition) is 3. The van der Waals surface area contributed by atoms with E-state index >= 15 is 0 Å². The van der Waals surface area contributed by atoms with E-state index in [2.05, 4.69) is 51.7 Å². The van der Waals surface area contributed by atoms with Crippen molar-refractivity contribution in [3.63, 3.8) is 0 Å². The summed E-state index contributed by atoms with van der Waals surface area (Å²) in [5.74, 6) is 0. The Balaban J connectivity index is 3.40. The first-order valence-electron chi connectivity index (χ1n) is 5.64. The molecule has 0 N–H and O–H groups in total. The Bertz CT molecular complexity index is 114. The lowest BCUT2D eigenvalue weighted by Crippen LogP contribution is -2.07. The van der Waals surface area contributed by atoms with Crippen molar-refractivity contribution in [2.75, 3.05) is 0 Å². The average molecular weight is 253 g/mol. The molecule has 0 aromatic heterocycles. The van der Waals surface area contributed by atoms with E-state index in [1.54, 1.807) is 0 Å². The molecule has 0 nitrogen and oxygen atoms in total. The van der Waals surface area contributed by atoms with Gasteiger partial charge in [0.2, 0.25) is 0 Å². The molecule has 3 heteroatoms. The van der Waals surface area contributed by atoms with Gasteiger partial charge in [-0.2, -0.15) is 37.9 Å². The van der Waals surface area contributed by atoms with E-state index in [4.69, 9.17) is 0 Å². The highest BCUT2D eigenvalue weighted by molar-refractivity contribution is 7.81. The van der Waals surface area contributed by atoms with Crippen LogP contribution in [-0.2, 0) is 0 Å². The fourth-order valence-corrected chi connectivity index (χ4v) is 1.92. The Kier molecular flexibility index (Phi) is 9.99. The monoisotopic (exact) mass is 252 g/mol. The molecule has 0 radical (unpaired) electrons. The van der Waals surface area contributed by atoms with Crippen molar-refractivity contribution in [3.8, 4) is 0 Å². The maximum Gasteiger partial charge on any atom is 0.00176 e. The minimum absolute atomic E-state index is 0.539. The van der Waals surface area contributed by atoms with Gasteiger partial charge in [0.1, 0.15) is 0 Å². The number of rotatable bonds is 8. The predicted molar refractivity (Wildman–Crippen MR) is 77.4 cm³/mol. The van der Waals surface area contributed by atoms with Gasteiger partial charge in [0.05, 0.1) is 0 Å². The summed E-state index contributed by atoms with van der Waals surface area (Å²) in [6.07, 6.45) is 7.08. The molecule has 0 aliphatic heterocycles. The van der Waals surface area contributed by atoms with E-state index in [0.717, 1.165) is 12.8 Å². The average Bonchev–Trinajstić information content (AvgIpc) is 2.22. The second-order valence-electron chi connectivity index (χ2n) is 3.93. The molecule has 0 bridgehead atoms. The molecule has 14 heavy (non-hydrogen) atoms. The van der Waals surface area contributed by atoms with Gasteiger partial charge < -0.3 is 0 Å². The summed E-state index contributed by atoms with van der Waals surface area (Å²) in [4.78, 5) is 0. The van der Waals surface area contributed by atoms with E-state index in [0.29, 0.717) is 15.7 Å². The van der Waals surface area contributed by atoms with Crippen LogP contribution in [0.25, 0.3) is 0 Å². The fraction of sp³-hybridized carbons (Fsp3) is 1.00. The molecule has 0 heterocycles. The summed E-state index contributed by atoms with van der Waals surface area (Å²) >= 11 is 13.6. The van der Waals surface area contributed by atoms with Crippen LogP contribution in [0.4, 0.5) is 0 Å². The topological polar surface area (TPSA) is 0 Å². The molecule has 0 rings (SSSR count). The van der Waals surface area contributed by atoms with Crippen LogP contribution in [0.1, 0.15) is 52.4 Å². The largest absolute Gasteiger partial charge is 0.176 e. The SMILES string of the molecule is CCC(S)CCC(S)CCC(S)CC. The van der Waals surface area contributed by atoms with E-state index in [9.17, 15) is 0 Å². The van der Waals surface area contributed by atoms with Gasteiger partial charge in [0.15, 0.2) is 0 Å². The Hall–Kier alpha value is 1.05. The maximum absolute atomic E-state index is 4.59. The molecule has 0 saturated carbocycles. The van der Waals surface area contributed by atoms with Gasteiger partial charge in [-0.05, 0) is 38.5 Å². The molecule has 2 unspecified atom stereocenters. The Morgan fingerprint density at radius 1 is 0.643 bits per heavy atom. The van der Waals surface area contributed by atoms with Gasteiger partial charge in [0.25, 0.3) is 0 Å². The Morgan fingerprint density at radius 3 is 1.21 bits per heavy atom. The molecule has 0 saturated heterocycles. The third-order valence-electron chi connectivity index (χ3n) is 2.61. The van der Waals surface area contributed by atoms with Crippen molar-refractivity contribution in [3.05, 3.63) is 0 Å². The molecule has 0 aromatic carbocycles. The van der Waals surface area contributed by atoms with Crippen molar-refractivity contribution in [1.82, 2.24) is 0 Å². The normalized spacial score (nSPS) is 17.8. The van der Waals surface area contributed by atoms with Gasteiger partial charge >= 0.3 is 0 Å². The summed E-state index contributed by atoms with van der Waals surface area (Å²) in [7, 11) is 0. The minimum Gasteiger partial charge on any atom is -0.176 e. The van der Waals surface area contributed by atoms with Crippen molar-refractivity contribution >= 4 is 37.9 Å². The molecule has 0 amide bonds. The highest BCUT2D eigenvalue weighted by atomic mass is 32.1. The van der Waals surface area contributed by atoms with Gasteiger partial charge in [-0.25, -0.2) is 0 Å². The highest BCUT2D eigenvalue weighted by Crippen LogP contribution is 2.19. The molecule has 0 spiro atoms. The Morgan fingerprint density at radius 2 is 0.929 bits per heavy atom. The molecule has 2 atom stereocenters. The van der Waals surface area contributed by atoms with Crippen LogP contribution < -0.4 is 0 Å². The number of thiol groups is 3. The molecule has 0 aliphatic carbocycles. The second kappa shape index (κ2) is 9.29. The predicted octanol–water partition coefficient (Wildman–Crippen LogP) is 4.26. The lowest BCUT2D eigenvalue weighted by atomic mass is 10.1. The number of hydrogen-bond acceptors (Lipinski definition) is 3. The highest BCUT2D eigenvalue weighted by Gasteiger charge is 2.08. The van der Waals surface area contributed by atoms with Gasteiger partial charge in [-0.15, -0.1) is 0 Å². The van der Waals surface area contributed by atoms with Crippen LogP contribution in [0.3, 0.4) is 0 Å². The molecular weight excluding hydrogens is 228 g/mol. The molecule has 0 fully saturated rings. The standard InChI is InChI=1S/C11H24S3/c1-3-9(12)5-7-11(14)8-6-10(13)4-2/h9-14H,3-8H2,1-2H3. The lowest BCUT2D eigenvalue weighted by molar-refractivity contribution is 0.600. The van der Waals surface area contributed by atoms with Crippen LogP contribution in [-0.4, -0.2) is 15.7 Å². The van der Waals surface area contributed by atoms with Gasteiger partial charge in [0, 0.05) is 15.7 Å². The third kappa shape index (κ3) is 8.37. The first-order chi connectivity index (χ1) is 6.60. The third-order valence-corrected chi connectivity index (χ3v) is 4.37. The second-order valence-corrected chi connectivity index (χ2v) is 6.12. The maximum atomic E-state index is 4.59. The van der Waals surface area contributed by atoms with E-state index in [1.807, 2.05) is 0 Å². The lowest BCUT2D eigenvalue weighted by Gasteiger charge is -2.14. The van der Waals surface area contributed by atoms with Crippen LogP contribution in [0.15, 0.2) is 0 Å². The first-order valence-corrected chi connectivity index (χ1v) is 7.19. The van der Waals surface area contributed by atoms with Crippen molar-refractivity contribution < 1.29 is 0 Å². The zero-order valence-corrected chi connectivity index (χ0v) is 12.0. The van der Waals surface area contributed by atoms with E-state index in [1.165, 1.54) is 25.7 Å². The summed E-state index contributed by atoms with van der Waals surface area (Å²) in [6, 6.07) is 0. The van der Waals surface area contributed by atoms with Crippen LogP contribution >= 0.6 is 37.9 Å². The van der Waals surface area contributed by atoms with Gasteiger partial charge in [-0.3, -0.25) is 0 Å². The van der Waals surface area contributed by atoms with Crippen molar-refractivity contribution in [2.45, 2.75) is 68.1 Å². The van der Waals surface area contributed by atoms with E-state index < -0.39 is 0 Å². The van der Waals surface area contributed by atoms with Crippen LogP contribution in [0.5, 0.6) is 0 Å². The Labute approximate surface area is 106 Å². The zero-order valence-electron chi connectivity index (χ0n) is 9.32. The molecular formula is C11H24S3. The zero-order chi connectivity index (χ0) is 11.0. The minimum atomic E-state index is 0.539. The fourth-order valence-electron chi connectivity index (χ4n) is 1.32. The smallest absolute Gasteiger partial charge is 0.00176 e. The van der Waals surface area contributed by atoms with Crippen molar-refractivity contribution in [1.29, 1.82) is 0 Å². The molecule has 86 valence electrons. The summed E-state index contributed by atoms with van der Waals surface area (Å²) in [6.45, 7) is 4.37. The van der Waals surface area contributed by atoms with Crippen molar-refractivity contribution in [2.24, 2.45) is 0 Å². The summed E-state index contributed by atoms with van der Waals surface area (Å²) < 4.78 is 0. The van der Waals surface area contributed by atoms with E-state index in [-0.39, 0.29) is 0 Å². The summed E-state index contributed by atoms with van der Waals surface area (Å²) in [5, 5.41) is 1.66.